The van der Waals surface area contributed by atoms with Crippen LogP contribution < -0.4 is 20.1 Å². The lowest BCUT2D eigenvalue weighted by Crippen LogP contribution is -2.34. The molecule has 2 aromatic heterocycles. The fourth-order valence-corrected chi connectivity index (χ4v) is 3.63. The largest absolute Gasteiger partial charge is 0.342 e. The maximum atomic E-state index is 12.7. The number of unbranched alkanes of at least 4 members (excludes halogenated alkanes) is 1. The Morgan fingerprint density at radius 2 is 2.30 bits per heavy atom. The van der Waals surface area contributed by atoms with Gasteiger partial charge in [0.05, 0.1) is 23.0 Å². The monoisotopic (exact) mass is 383 g/mol. The third-order valence-electron chi connectivity index (χ3n) is 3.83. The summed E-state index contributed by atoms with van der Waals surface area (Å²) in [6, 6.07) is 1.89. The van der Waals surface area contributed by atoms with E-state index in [4.69, 9.17) is 6.42 Å². The minimum atomic E-state index is -0.589. The van der Waals surface area contributed by atoms with Gasteiger partial charge >= 0.3 is 0 Å². The van der Waals surface area contributed by atoms with E-state index >= 15 is 0 Å². The molecule has 0 unspecified atom stereocenters. The first-order valence-corrected chi connectivity index (χ1v) is 9.48. The lowest BCUT2D eigenvalue weighted by molar-refractivity contribution is -0.115. The molecule has 27 heavy (non-hydrogen) atoms. The molecular weight excluding hydrogens is 362 g/mol. The van der Waals surface area contributed by atoms with E-state index in [1.54, 1.807) is 19.2 Å². The van der Waals surface area contributed by atoms with Crippen molar-refractivity contribution in [2.45, 2.75) is 39.7 Å². The molecule has 0 aliphatic rings. The van der Waals surface area contributed by atoms with Crippen LogP contribution in [0.4, 0.5) is 0 Å². The van der Waals surface area contributed by atoms with Gasteiger partial charge in [0, 0.05) is 13.0 Å². The molecule has 2 heterocycles. The van der Waals surface area contributed by atoms with Crippen LogP contribution in [0.15, 0.2) is 11.0 Å². The van der Waals surface area contributed by atoms with Crippen molar-refractivity contribution in [3.63, 3.8) is 0 Å². The molecule has 140 valence electrons. The number of aromatic nitrogens is 3. The van der Waals surface area contributed by atoms with Crippen LogP contribution in [0.1, 0.15) is 38.2 Å². The summed E-state index contributed by atoms with van der Waals surface area (Å²) in [6.07, 6.45) is 11.5. The van der Waals surface area contributed by atoms with E-state index < -0.39 is 5.91 Å². The predicted octanol–water partition coefficient (Wildman–Crippen LogP) is 0.248. The number of hydrogen-bond donors (Lipinski definition) is 2. The number of nitrogens with zero attached hydrogens (tertiary/aromatic N) is 3. The van der Waals surface area contributed by atoms with Gasteiger partial charge in [-0.15, -0.1) is 17.8 Å². The summed E-state index contributed by atoms with van der Waals surface area (Å²) >= 11 is 1.10. The highest BCUT2D eigenvalue weighted by atomic mass is 32.1. The number of aryl methyl sites for hydroxylation is 1. The average molecular weight is 383 g/mol. The molecule has 0 aromatic carbocycles. The summed E-state index contributed by atoms with van der Waals surface area (Å²) in [4.78, 5) is 32.4. The molecule has 2 aromatic rings. The summed E-state index contributed by atoms with van der Waals surface area (Å²) < 4.78 is 2.16. The Balaban J connectivity index is 2.55. The summed E-state index contributed by atoms with van der Waals surface area (Å²) in [7, 11) is 0. The van der Waals surface area contributed by atoms with Gasteiger partial charge in [-0.25, -0.2) is 4.98 Å². The molecule has 1 amide bonds. The molecular formula is C19H21N5O2S. The molecule has 0 aliphatic heterocycles. The third kappa shape index (κ3) is 4.75. The van der Waals surface area contributed by atoms with Crippen LogP contribution in [0, 0.1) is 23.7 Å². The SMILES string of the molecule is C#CCNC(=O)C(C#N)=c1sc(=Cc2cnc(CCCC)[nH]2)c(=O)n1CC. The molecule has 2 rings (SSSR count). The van der Waals surface area contributed by atoms with Crippen molar-refractivity contribution in [2.24, 2.45) is 0 Å². The van der Waals surface area contributed by atoms with Gasteiger partial charge in [0.1, 0.15) is 16.6 Å². The molecule has 2 N–H and O–H groups in total. The number of nitriles is 1. The van der Waals surface area contributed by atoms with Crippen LogP contribution in [-0.2, 0) is 17.8 Å². The molecule has 0 aliphatic carbocycles. The zero-order valence-corrected chi connectivity index (χ0v) is 16.2. The lowest BCUT2D eigenvalue weighted by atomic mass is 10.2. The van der Waals surface area contributed by atoms with E-state index in [1.165, 1.54) is 4.57 Å². The van der Waals surface area contributed by atoms with Crippen LogP contribution in [0.5, 0.6) is 0 Å². The molecule has 0 spiro atoms. The fraction of sp³-hybridized carbons (Fsp3) is 0.368. The van der Waals surface area contributed by atoms with E-state index in [0.29, 0.717) is 21.4 Å². The highest BCUT2D eigenvalue weighted by Crippen LogP contribution is 2.02. The Kier molecular flexibility index (Phi) is 7.16. The summed E-state index contributed by atoms with van der Waals surface area (Å²) in [5, 5.41) is 11.9. The predicted molar refractivity (Wildman–Crippen MR) is 105 cm³/mol. The molecule has 0 radical (unpaired) electrons. The smallest absolute Gasteiger partial charge is 0.269 e. The van der Waals surface area contributed by atoms with Gasteiger partial charge in [-0.2, -0.15) is 5.26 Å². The second-order valence-electron chi connectivity index (χ2n) is 5.73. The van der Waals surface area contributed by atoms with Gasteiger partial charge in [0.2, 0.25) is 0 Å². The highest BCUT2D eigenvalue weighted by molar-refractivity contribution is 7.07. The van der Waals surface area contributed by atoms with Crippen molar-refractivity contribution in [1.29, 1.82) is 5.26 Å². The molecule has 7 nitrogen and oxygen atoms in total. The first-order valence-electron chi connectivity index (χ1n) is 8.66. The summed E-state index contributed by atoms with van der Waals surface area (Å²) in [5.41, 5.74) is 0.339. The number of rotatable bonds is 7. The number of carbonyl (C=O) groups is 1. The number of aromatic amines is 1. The van der Waals surface area contributed by atoms with Crippen LogP contribution in [-0.4, -0.2) is 27.0 Å². The zero-order chi connectivity index (χ0) is 19.8. The van der Waals surface area contributed by atoms with Crippen molar-refractivity contribution in [3.05, 3.63) is 37.3 Å². The van der Waals surface area contributed by atoms with Crippen LogP contribution in [0.3, 0.4) is 0 Å². The van der Waals surface area contributed by atoms with Crippen molar-refractivity contribution in [1.82, 2.24) is 19.9 Å². The van der Waals surface area contributed by atoms with E-state index in [9.17, 15) is 14.9 Å². The van der Waals surface area contributed by atoms with Crippen molar-refractivity contribution >= 4 is 28.9 Å². The van der Waals surface area contributed by atoms with E-state index in [-0.39, 0.29) is 17.7 Å². The normalized spacial score (nSPS) is 12.4. The van der Waals surface area contributed by atoms with Crippen molar-refractivity contribution in [2.75, 3.05) is 6.54 Å². The quantitative estimate of drug-likeness (QED) is 0.669. The third-order valence-corrected chi connectivity index (χ3v) is 4.96. The Morgan fingerprint density at radius 1 is 1.52 bits per heavy atom. The minimum absolute atomic E-state index is 0.0133. The van der Waals surface area contributed by atoms with Gasteiger partial charge in [0.25, 0.3) is 11.5 Å². The number of thiazole rings is 1. The van der Waals surface area contributed by atoms with Gasteiger partial charge in [-0.3, -0.25) is 14.2 Å². The van der Waals surface area contributed by atoms with Crippen LogP contribution in [0.25, 0.3) is 11.6 Å². The second-order valence-corrected chi connectivity index (χ2v) is 6.76. The number of carbonyl (C=O) groups excluding carboxylic acids is 1. The number of amides is 1. The Bertz CT molecular complexity index is 1080. The van der Waals surface area contributed by atoms with E-state index in [1.807, 2.05) is 6.07 Å². The summed E-state index contributed by atoms with van der Waals surface area (Å²) in [5.74, 6) is 2.57. The molecule has 0 fully saturated rings. The highest BCUT2D eigenvalue weighted by Gasteiger charge is 2.14. The van der Waals surface area contributed by atoms with Gasteiger partial charge in [-0.1, -0.05) is 19.3 Å². The molecule has 0 saturated heterocycles. The number of terminal acetylenes is 1. The average Bonchev–Trinajstić information content (AvgIpc) is 3.23. The number of nitrogens with one attached hydrogen (secondary N) is 2. The Labute approximate surface area is 161 Å². The Morgan fingerprint density at radius 3 is 2.93 bits per heavy atom. The molecule has 0 atom stereocenters. The topological polar surface area (TPSA) is 104 Å². The fourth-order valence-electron chi connectivity index (χ4n) is 2.47. The lowest BCUT2D eigenvalue weighted by Gasteiger charge is -2.00. The molecule has 8 heteroatoms. The van der Waals surface area contributed by atoms with Gasteiger partial charge in [-0.05, 0) is 19.4 Å². The zero-order valence-electron chi connectivity index (χ0n) is 15.3. The second kappa shape index (κ2) is 9.56. The van der Waals surface area contributed by atoms with Crippen LogP contribution in [0.2, 0.25) is 0 Å². The maximum Gasteiger partial charge on any atom is 0.269 e. The molecule has 0 saturated carbocycles. The number of H-pyrrole nitrogens is 1. The van der Waals surface area contributed by atoms with Crippen molar-refractivity contribution < 1.29 is 4.79 Å². The van der Waals surface area contributed by atoms with E-state index in [0.717, 1.165) is 36.4 Å². The van der Waals surface area contributed by atoms with Crippen molar-refractivity contribution in [3.8, 4) is 18.4 Å². The van der Waals surface area contributed by atoms with E-state index in [2.05, 4.69) is 28.1 Å². The molecule has 0 bridgehead atoms. The maximum absolute atomic E-state index is 12.7. The van der Waals surface area contributed by atoms with Gasteiger partial charge < -0.3 is 10.3 Å². The minimum Gasteiger partial charge on any atom is -0.342 e. The number of imidazole rings is 1. The first kappa shape index (κ1) is 20.2. The number of hydrogen-bond acceptors (Lipinski definition) is 5. The van der Waals surface area contributed by atoms with Gasteiger partial charge in [0.15, 0.2) is 5.57 Å². The summed E-state index contributed by atoms with van der Waals surface area (Å²) in [6.45, 7) is 4.25. The Hall–Kier alpha value is -3.10. The standard InChI is InChI=1S/C19H21N5O2S/c1-4-7-8-16-22-12-13(23-16)10-15-18(26)24(6-3)19(27-15)14(11-20)17(25)21-9-5-2/h2,10,12H,4,6-9H2,1,3H3,(H,21,25)(H,22,23). The van der Waals surface area contributed by atoms with Crippen LogP contribution >= 0.6 is 11.3 Å². The first-order chi connectivity index (χ1) is 13.0.